The van der Waals surface area contributed by atoms with Gasteiger partial charge >= 0.3 is 0 Å². The lowest BCUT2D eigenvalue weighted by molar-refractivity contribution is 0.185. The van der Waals surface area contributed by atoms with E-state index in [2.05, 4.69) is 18.8 Å². The first kappa shape index (κ1) is 10.4. The van der Waals surface area contributed by atoms with Crippen LogP contribution in [0.25, 0.3) is 5.57 Å². The van der Waals surface area contributed by atoms with Crippen molar-refractivity contribution < 1.29 is 5.11 Å². The highest BCUT2D eigenvalue weighted by Crippen LogP contribution is 2.31. The Morgan fingerprint density at radius 3 is 2.93 bits per heavy atom. The van der Waals surface area contributed by atoms with Crippen molar-refractivity contribution in [3.8, 4) is 0 Å². The molecule has 2 nitrogen and oxygen atoms in total. The minimum atomic E-state index is -0.281. The summed E-state index contributed by atoms with van der Waals surface area (Å²) in [4.78, 5) is 4.09. The first-order valence-corrected chi connectivity index (χ1v) is 5.46. The van der Waals surface area contributed by atoms with Crippen LogP contribution in [0.2, 0.25) is 0 Å². The molecule has 0 amide bonds. The van der Waals surface area contributed by atoms with Gasteiger partial charge in [0.2, 0.25) is 0 Å². The Morgan fingerprint density at radius 1 is 1.47 bits per heavy atom. The van der Waals surface area contributed by atoms with Gasteiger partial charge in [-0.3, -0.25) is 4.98 Å². The Bertz CT molecular complexity index is 384. The Hall–Kier alpha value is -1.15. The number of aliphatic hydroxyl groups excluding tert-OH is 1. The van der Waals surface area contributed by atoms with E-state index in [4.69, 9.17) is 0 Å². The van der Waals surface area contributed by atoms with Crippen LogP contribution in [0.15, 0.2) is 24.5 Å². The van der Waals surface area contributed by atoms with Gasteiger partial charge in [0.15, 0.2) is 0 Å². The second-order valence-corrected chi connectivity index (χ2v) is 4.49. The van der Waals surface area contributed by atoms with E-state index in [1.807, 2.05) is 24.5 Å². The van der Waals surface area contributed by atoms with Crippen LogP contribution in [0, 0.1) is 12.8 Å². The van der Waals surface area contributed by atoms with Crippen LogP contribution in [0.4, 0.5) is 0 Å². The number of allylic oxidation sites excluding steroid dienone is 1. The van der Waals surface area contributed by atoms with Crippen LogP contribution in [0.5, 0.6) is 0 Å². The summed E-state index contributed by atoms with van der Waals surface area (Å²) in [6, 6.07) is 2.03. The third-order valence-electron chi connectivity index (χ3n) is 2.97. The SMILES string of the molecule is Cc1cnccc1C1=C[C@@H](O)C[C@@H](C)C1. The number of pyridine rings is 1. The quantitative estimate of drug-likeness (QED) is 0.761. The normalized spacial score (nSPS) is 26.2. The molecule has 1 aromatic rings. The fraction of sp³-hybridized carbons (Fsp3) is 0.462. The van der Waals surface area contributed by atoms with Crippen molar-refractivity contribution in [3.05, 3.63) is 35.7 Å². The summed E-state index contributed by atoms with van der Waals surface area (Å²) in [5, 5.41) is 9.71. The van der Waals surface area contributed by atoms with E-state index in [1.165, 1.54) is 16.7 Å². The van der Waals surface area contributed by atoms with Crippen molar-refractivity contribution in [1.29, 1.82) is 0 Å². The van der Waals surface area contributed by atoms with Gasteiger partial charge in [0, 0.05) is 12.4 Å². The maximum absolute atomic E-state index is 9.71. The molecular weight excluding hydrogens is 186 g/mol. The maximum atomic E-state index is 9.71. The Kier molecular flexibility index (Phi) is 2.87. The van der Waals surface area contributed by atoms with Crippen molar-refractivity contribution in [2.24, 2.45) is 5.92 Å². The molecule has 0 aromatic carbocycles. The fourth-order valence-corrected chi connectivity index (χ4v) is 2.27. The van der Waals surface area contributed by atoms with Crippen LogP contribution in [-0.4, -0.2) is 16.2 Å². The molecule has 2 heteroatoms. The number of aryl methyl sites for hydroxylation is 1. The molecular formula is C13H17NO. The molecule has 80 valence electrons. The number of hydrogen-bond acceptors (Lipinski definition) is 2. The molecule has 0 aliphatic heterocycles. The standard InChI is InChI=1S/C13H17NO/c1-9-5-11(7-12(15)6-9)13-3-4-14-8-10(13)2/h3-4,7-9,12,15H,5-6H2,1-2H3/t9-,12-/m0/s1. The largest absolute Gasteiger partial charge is 0.389 e. The second kappa shape index (κ2) is 4.15. The van der Waals surface area contributed by atoms with Crippen LogP contribution < -0.4 is 0 Å². The van der Waals surface area contributed by atoms with Gasteiger partial charge in [-0.25, -0.2) is 0 Å². The summed E-state index contributed by atoms with van der Waals surface area (Å²) in [6.07, 6.45) is 7.34. The molecule has 0 bridgehead atoms. The van der Waals surface area contributed by atoms with Gasteiger partial charge in [0.05, 0.1) is 6.10 Å². The number of rotatable bonds is 1. The van der Waals surface area contributed by atoms with E-state index in [0.29, 0.717) is 5.92 Å². The van der Waals surface area contributed by atoms with Gasteiger partial charge in [0.25, 0.3) is 0 Å². The second-order valence-electron chi connectivity index (χ2n) is 4.49. The predicted octanol–water partition coefficient (Wildman–Crippen LogP) is 2.56. The zero-order chi connectivity index (χ0) is 10.8. The van der Waals surface area contributed by atoms with Crippen molar-refractivity contribution in [2.45, 2.75) is 32.8 Å². The van der Waals surface area contributed by atoms with Gasteiger partial charge in [-0.15, -0.1) is 0 Å². The van der Waals surface area contributed by atoms with Gasteiger partial charge in [-0.2, -0.15) is 0 Å². The molecule has 0 saturated carbocycles. The summed E-state index contributed by atoms with van der Waals surface area (Å²) >= 11 is 0. The van der Waals surface area contributed by atoms with E-state index < -0.39 is 0 Å². The molecule has 2 atom stereocenters. The molecule has 1 N–H and O–H groups in total. The molecule has 1 heterocycles. The van der Waals surface area contributed by atoms with Gasteiger partial charge < -0.3 is 5.11 Å². The first-order valence-electron chi connectivity index (χ1n) is 5.46. The van der Waals surface area contributed by atoms with Gasteiger partial charge in [-0.05, 0) is 48.4 Å². The van der Waals surface area contributed by atoms with E-state index in [-0.39, 0.29) is 6.10 Å². The third-order valence-corrected chi connectivity index (χ3v) is 2.97. The topological polar surface area (TPSA) is 33.1 Å². The van der Waals surface area contributed by atoms with Crippen molar-refractivity contribution >= 4 is 5.57 Å². The van der Waals surface area contributed by atoms with Crippen LogP contribution >= 0.6 is 0 Å². The predicted molar refractivity (Wildman–Crippen MR) is 61.4 cm³/mol. The molecule has 0 saturated heterocycles. The summed E-state index contributed by atoms with van der Waals surface area (Å²) in [7, 11) is 0. The van der Waals surface area contributed by atoms with E-state index in [0.717, 1.165) is 12.8 Å². The van der Waals surface area contributed by atoms with E-state index in [9.17, 15) is 5.11 Å². The summed E-state index contributed by atoms with van der Waals surface area (Å²) in [6.45, 7) is 4.25. The Balaban J connectivity index is 2.35. The Morgan fingerprint density at radius 2 is 2.27 bits per heavy atom. The number of nitrogens with zero attached hydrogens (tertiary/aromatic N) is 1. The zero-order valence-electron chi connectivity index (χ0n) is 9.27. The lowest BCUT2D eigenvalue weighted by atomic mass is 9.84. The lowest BCUT2D eigenvalue weighted by Gasteiger charge is -2.23. The molecule has 1 aliphatic carbocycles. The van der Waals surface area contributed by atoms with Crippen molar-refractivity contribution in [1.82, 2.24) is 4.98 Å². The van der Waals surface area contributed by atoms with E-state index >= 15 is 0 Å². The van der Waals surface area contributed by atoms with Gasteiger partial charge in [-0.1, -0.05) is 13.0 Å². The monoisotopic (exact) mass is 203 g/mol. The summed E-state index contributed by atoms with van der Waals surface area (Å²) in [5.74, 6) is 0.563. The summed E-state index contributed by atoms with van der Waals surface area (Å²) < 4.78 is 0. The smallest absolute Gasteiger partial charge is 0.0729 e. The maximum Gasteiger partial charge on any atom is 0.0729 e. The number of aromatic nitrogens is 1. The van der Waals surface area contributed by atoms with Crippen molar-refractivity contribution in [3.63, 3.8) is 0 Å². The fourth-order valence-electron chi connectivity index (χ4n) is 2.27. The minimum Gasteiger partial charge on any atom is -0.389 e. The van der Waals surface area contributed by atoms with Crippen molar-refractivity contribution in [2.75, 3.05) is 0 Å². The zero-order valence-corrected chi connectivity index (χ0v) is 9.27. The molecule has 0 fully saturated rings. The molecule has 15 heavy (non-hydrogen) atoms. The molecule has 0 unspecified atom stereocenters. The third kappa shape index (κ3) is 2.26. The first-order chi connectivity index (χ1) is 7.16. The molecule has 1 aliphatic rings. The molecule has 0 spiro atoms. The Labute approximate surface area is 90.7 Å². The number of hydrogen-bond donors (Lipinski definition) is 1. The average molecular weight is 203 g/mol. The molecule has 1 aromatic heterocycles. The number of aliphatic hydroxyl groups is 1. The van der Waals surface area contributed by atoms with Crippen LogP contribution in [-0.2, 0) is 0 Å². The van der Waals surface area contributed by atoms with E-state index in [1.54, 1.807) is 0 Å². The molecule has 0 radical (unpaired) electrons. The summed E-state index contributed by atoms with van der Waals surface area (Å²) in [5.41, 5.74) is 3.68. The lowest BCUT2D eigenvalue weighted by Crippen LogP contribution is -2.15. The van der Waals surface area contributed by atoms with Crippen LogP contribution in [0.3, 0.4) is 0 Å². The highest BCUT2D eigenvalue weighted by molar-refractivity contribution is 5.69. The molecule has 2 rings (SSSR count). The minimum absolute atomic E-state index is 0.281. The van der Waals surface area contributed by atoms with Crippen LogP contribution in [0.1, 0.15) is 30.9 Å². The highest BCUT2D eigenvalue weighted by atomic mass is 16.3. The highest BCUT2D eigenvalue weighted by Gasteiger charge is 2.19. The average Bonchev–Trinajstić information content (AvgIpc) is 2.16. The van der Waals surface area contributed by atoms with Gasteiger partial charge in [0.1, 0.15) is 0 Å².